The molecule has 0 aliphatic heterocycles. The second-order valence-corrected chi connectivity index (χ2v) is 7.12. The van der Waals surface area contributed by atoms with Gasteiger partial charge < -0.3 is 24.3 Å². The number of benzene rings is 1. The van der Waals surface area contributed by atoms with Gasteiger partial charge >= 0.3 is 5.97 Å². The highest BCUT2D eigenvalue weighted by atomic mass is 32.1. The highest BCUT2D eigenvalue weighted by Crippen LogP contribution is 2.38. The lowest BCUT2D eigenvalue weighted by Crippen LogP contribution is -2.17. The Morgan fingerprint density at radius 3 is 2.27 bits per heavy atom. The first-order valence-corrected chi connectivity index (χ1v) is 9.74. The summed E-state index contributed by atoms with van der Waals surface area (Å²) < 4.78 is 21.0. The van der Waals surface area contributed by atoms with Gasteiger partial charge in [0.05, 0.1) is 33.0 Å². The molecule has 0 radical (unpaired) electrons. The van der Waals surface area contributed by atoms with Crippen molar-refractivity contribution in [3.8, 4) is 23.3 Å². The molecule has 0 fully saturated rings. The molecule has 0 aliphatic carbocycles. The lowest BCUT2D eigenvalue weighted by Gasteiger charge is -2.13. The van der Waals surface area contributed by atoms with Crippen molar-refractivity contribution in [3.05, 3.63) is 40.3 Å². The van der Waals surface area contributed by atoms with E-state index >= 15 is 0 Å². The van der Waals surface area contributed by atoms with Gasteiger partial charge in [-0.05, 0) is 49.1 Å². The van der Waals surface area contributed by atoms with E-state index in [-0.39, 0.29) is 17.2 Å². The number of amides is 1. The van der Waals surface area contributed by atoms with E-state index in [4.69, 9.17) is 18.9 Å². The third-order valence-corrected chi connectivity index (χ3v) is 4.65. The topological polar surface area (TPSA) is 107 Å². The van der Waals surface area contributed by atoms with Crippen molar-refractivity contribution >= 4 is 34.3 Å². The quantitative estimate of drug-likeness (QED) is 0.385. The van der Waals surface area contributed by atoms with Crippen LogP contribution in [0.2, 0.25) is 0 Å². The van der Waals surface area contributed by atoms with E-state index in [1.54, 1.807) is 37.4 Å². The molecule has 8 nitrogen and oxygen atoms in total. The minimum atomic E-state index is -0.660. The van der Waals surface area contributed by atoms with Crippen LogP contribution in [-0.2, 0) is 9.53 Å². The fourth-order valence-electron chi connectivity index (χ4n) is 2.51. The van der Waals surface area contributed by atoms with E-state index in [9.17, 15) is 14.9 Å². The van der Waals surface area contributed by atoms with Gasteiger partial charge in [0.1, 0.15) is 16.6 Å². The van der Waals surface area contributed by atoms with E-state index in [2.05, 4.69) is 5.32 Å². The van der Waals surface area contributed by atoms with Crippen LogP contribution in [0.1, 0.15) is 29.8 Å². The molecule has 0 saturated heterocycles. The van der Waals surface area contributed by atoms with Crippen LogP contribution in [0, 0.1) is 11.3 Å². The summed E-state index contributed by atoms with van der Waals surface area (Å²) in [5.74, 6) is -0.0384. The number of carbonyl (C=O) groups is 2. The molecule has 0 saturated carbocycles. The second kappa shape index (κ2) is 10.3. The minimum absolute atomic E-state index is 0.166. The maximum atomic E-state index is 12.6. The van der Waals surface area contributed by atoms with Crippen molar-refractivity contribution in [1.29, 1.82) is 5.26 Å². The monoisotopic (exact) mass is 430 g/mol. The average molecular weight is 430 g/mol. The van der Waals surface area contributed by atoms with E-state index in [1.165, 1.54) is 27.4 Å². The summed E-state index contributed by atoms with van der Waals surface area (Å²) in [5, 5.41) is 14.0. The van der Waals surface area contributed by atoms with E-state index in [0.717, 1.165) is 11.3 Å². The highest BCUT2D eigenvalue weighted by Gasteiger charge is 2.20. The maximum absolute atomic E-state index is 12.6. The van der Waals surface area contributed by atoms with Crippen LogP contribution in [0.15, 0.2) is 29.2 Å². The molecule has 0 bridgehead atoms. The largest absolute Gasteiger partial charge is 0.493 e. The lowest BCUT2D eigenvalue weighted by atomic mass is 10.1. The Morgan fingerprint density at radius 1 is 1.13 bits per heavy atom. The van der Waals surface area contributed by atoms with Crippen molar-refractivity contribution in [2.75, 3.05) is 26.6 Å². The third kappa shape index (κ3) is 5.30. The summed E-state index contributed by atoms with van der Waals surface area (Å²) in [7, 11) is 4.42. The van der Waals surface area contributed by atoms with Gasteiger partial charge in [0.15, 0.2) is 11.5 Å². The van der Waals surface area contributed by atoms with E-state index in [0.29, 0.717) is 27.8 Å². The molecule has 0 spiro atoms. The first-order chi connectivity index (χ1) is 14.3. The molecule has 1 aromatic carbocycles. The van der Waals surface area contributed by atoms with Gasteiger partial charge in [-0.15, -0.1) is 11.3 Å². The maximum Gasteiger partial charge on any atom is 0.341 e. The molecule has 2 aromatic rings. The molecule has 0 aliphatic rings. The molecule has 9 heteroatoms. The summed E-state index contributed by atoms with van der Waals surface area (Å²) in [4.78, 5) is 24.8. The van der Waals surface area contributed by atoms with E-state index < -0.39 is 11.9 Å². The molecule has 158 valence electrons. The zero-order valence-electron chi connectivity index (χ0n) is 17.3. The van der Waals surface area contributed by atoms with Gasteiger partial charge in [-0.1, -0.05) is 0 Å². The SMILES string of the molecule is COc1cc(/C=C(\C#N)C(=O)Nc2sccc2C(=O)OC(C)C)cc(OC)c1OC. The van der Waals surface area contributed by atoms with E-state index in [1.807, 2.05) is 6.07 Å². The van der Waals surface area contributed by atoms with Gasteiger partial charge in [0.2, 0.25) is 5.75 Å². The molecule has 0 unspecified atom stereocenters. The summed E-state index contributed by atoms with van der Waals surface area (Å²) >= 11 is 1.16. The van der Waals surface area contributed by atoms with Crippen LogP contribution >= 0.6 is 11.3 Å². The average Bonchev–Trinajstić information content (AvgIpc) is 3.18. The van der Waals surface area contributed by atoms with Crippen LogP contribution in [-0.4, -0.2) is 39.3 Å². The molecule has 1 N–H and O–H groups in total. The fourth-order valence-corrected chi connectivity index (χ4v) is 3.28. The van der Waals surface area contributed by atoms with Gasteiger partial charge in [-0.2, -0.15) is 5.26 Å². The number of rotatable bonds is 8. The Morgan fingerprint density at radius 2 is 1.77 bits per heavy atom. The standard InChI is InChI=1S/C21H22N2O6S/c1-12(2)29-21(25)15-6-7-30-20(15)23-19(24)14(11-22)8-13-9-16(26-3)18(28-5)17(10-13)27-4/h6-10,12H,1-5H3,(H,23,24)/b14-8+. The van der Waals surface area contributed by atoms with Gasteiger partial charge in [0.25, 0.3) is 5.91 Å². The molecule has 1 aromatic heterocycles. The summed E-state index contributed by atoms with van der Waals surface area (Å²) in [5.41, 5.74) is 0.565. The van der Waals surface area contributed by atoms with Crippen LogP contribution in [0.4, 0.5) is 5.00 Å². The van der Waals surface area contributed by atoms with Crippen molar-refractivity contribution in [2.45, 2.75) is 20.0 Å². The Balaban J connectivity index is 2.32. The second-order valence-electron chi connectivity index (χ2n) is 6.20. The number of esters is 1. The summed E-state index contributed by atoms with van der Waals surface area (Å²) in [6.07, 6.45) is 1.09. The number of hydrogen-bond donors (Lipinski definition) is 1. The van der Waals surface area contributed by atoms with Crippen LogP contribution in [0.5, 0.6) is 17.2 Å². The number of hydrogen-bond acceptors (Lipinski definition) is 8. The molecular formula is C21H22N2O6S. The third-order valence-electron chi connectivity index (χ3n) is 3.82. The molecule has 2 rings (SSSR count). The normalized spacial score (nSPS) is 10.9. The number of thiophene rings is 1. The van der Waals surface area contributed by atoms with Gasteiger partial charge in [-0.3, -0.25) is 4.79 Å². The molecular weight excluding hydrogens is 408 g/mol. The smallest absolute Gasteiger partial charge is 0.341 e. The van der Waals surface area contributed by atoms with Gasteiger partial charge in [0, 0.05) is 0 Å². The number of nitriles is 1. The molecule has 0 atom stereocenters. The number of carbonyl (C=O) groups excluding carboxylic acids is 2. The predicted molar refractivity (Wildman–Crippen MR) is 113 cm³/mol. The van der Waals surface area contributed by atoms with Crippen molar-refractivity contribution < 1.29 is 28.5 Å². The minimum Gasteiger partial charge on any atom is -0.493 e. The Bertz CT molecular complexity index is 978. The highest BCUT2D eigenvalue weighted by molar-refractivity contribution is 7.14. The summed E-state index contributed by atoms with van der Waals surface area (Å²) in [6, 6.07) is 6.65. The Labute approximate surface area is 178 Å². The van der Waals surface area contributed by atoms with Crippen LogP contribution in [0.25, 0.3) is 6.08 Å². The van der Waals surface area contributed by atoms with Crippen molar-refractivity contribution in [1.82, 2.24) is 0 Å². The van der Waals surface area contributed by atoms with Crippen LogP contribution in [0.3, 0.4) is 0 Å². The Kier molecular flexibility index (Phi) is 7.83. The van der Waals surface area contributed by atoms with Crippen molar-refractivity contribution in [2.24, 2.45) is 0 Å². The van der Waals surface area contributed by atoms with Gasteiger partial charge in [-0.25, -0.2) is 4.79 Å². The number of nitrogens with zero attached hydrogens (tertiary/aromatic N) is 1. The number of ether oxygens (including phenoxy) is 4. The number of anilines is 1. The Hall–Kier alpha value is -3.51. The fraction of sp³-hybridized carbons (Fsp3) is 0.286. The molecule has 1 amide bonds. The van der Waals surface area contributed by atoms with Crippen molar-refractivity contribution in [3.63, 3.8) is 0 Å². The first-order valence-electron chi connectivity index (χ1n) is 8.86. The zero-order valence-corrected chi connectivity index (χ0v) is 18.1. The lowest BCUT2D eigenvalue weighted by molar-refractivity contribution is -0.112. The molecule has 1 heterocycles. The zero-order chi connectivity index (χ0) is 22.3. The van der Waals surface area contributed by atoms with Crippen LogP contribution < -0.4 is 19.5 Å². The summed E-state index contributed by atoms with van der Waals surface area (Å²) in [6.45, 7) is 3.47. The first kappa shape index (κ1) is 22.8. The molecule has 30 heavy (non-hydrogen) atoms. The predicted octanol–water partition coefficient (Wildman–Crippen LogP) is 3.88. The number of methoxy groups -OCH3 is 3. The number of nitrogens with one attached hydrogen (secondary N) is 1.